The van der Waals surface area contributed by atoms with Crippen LogP contribution >= 0.6 is 0 Å². The fourth-order valence-corrected chi connectivity index (χ4v) is 2.83. The summed E-state index contributed by atoms with van der Waals surface area (Å²) < 4.78 is 0. The van der Waals surface area contributed by atoms with Crippen molar-refractivity contribution in [3.05, 3.63) is 17.8 Å². The Morgan fingerprint density at radius 1 is 1.47 bits per heavy atom. The van der Waals surface area contributed by atoms with Gasteiger partial charge in [-0.1, -0.05) is 13.3 Å². The van der Waals surface area contributed by atoms with Crippen molar-refractivity contribution in [1.82, 2.24) is 4.98 Å². The van der Waals surface area contributed by atoms with Crippen molar-refractivity contribution in [3.63, 3.8) is 0 Å². The van der Waals surface area contributed by atoms with Gasteiger partial charge in [0.2, 0.25) is 0 Å². The molecule has 0 saturated heterocycles. The third kappa shape index (κ3) is 3.60. The Morgan fingerprint density at radius 3 is 2.74 bits per heavy atom. The Bertz CT molecular complexity index is 425. The van der Waals surface area contributed by atoms with Gasteiger partial charge in [-0.05, 0) is 50.2 Å². The van der Waals surface area contributed by atoms with Gasteiger partial charge in [-0.3, -0.25) is 0 Å². The average Bonchev–Trinajstić information content (AvgIpc) is 2.39. The number of aliphatic hydroxyl groups is 1. The standard InChI is InChI=1S/C15H25N3O/c1-3-12-4-6-15(19,7-5-12)10-18-14-11(2)8-13(16)9-17-14/h8-9,12,19H,3-7,10,16H2,1-2H3,(H,17,18). The van der Waals surface area contributed by atoms with Gasteiger partial charge in [-0.25, -0.2) is 4.98 Å². The predicted octanol–water partition coefficient (Wildman–Crippen LogP) is 2.72. The number of anilines is 2. The molecule has 1 aromatic rings. The van der Waals surface area contributed by atoms with E-state index in [1.165, 1.54) is 6.42 Å². The lowest BCUT2D eigenvalue weighted by Gasteiger charge is -2.36. The van der Waals surface area contributed by atoms with E-state index in [1.54, 1.807) is 6.20 Å². The minimum Gasteiger partial charge on any atom is -0.397 e. The lowest BCUT2D eigenvalue weighted by Crippen LogP contribution is -2.40. The minimum absolute atomic E-state index is 0.571. The van der Waals surface area contributed by atoms with Gasteiger partial charge in [0.15, 0.2) is 0 Å². The molecule has 0 aromatic carbocycles. The fraction of sp³-hybridized carbons (Fsp3) is 0.667. The average molecular weight is 263 g/mol. The van der Waals surface area contributed by atoms with E-state index in [9.17, 15) is 5.11 Å². The second-order valence-electron chi connectivity index (χ2n) is 5.86. The van der Waals surface area contributed by atoms with Gasteiger partial charge in [-0.2, -0.15) is 0 Å². The Kier molecular flexibility index (Phi) is 4.30. The summed E-state index contributed by atoms with van der Waals surface area (Å²) >= 11 is 0. The van der Waals surface area contributed by atoms with Crippen molar-refractivity contribution >= 4 is 11.5 Å². The first kappa shape index (κ1) is 14.1. The summed E-state index contributed by atoms with van der Waals surface area (Å²) in [6.45, 7) is 4.78. The predicted molar refractivity (Wildman–Crippen MR) is 79.1 cm³/mol. The molecule has 0 amide bonds. The molecule has 0 radical (unpaired) electrons. The number of nitrogen functional groups attached to an aromatic ring is 1. The summed E-state index contributed by atoms with van der Waals surface area (Å²) in [6, 6.07) is 1.90. The molecule has 4 N–H and O–H groups in total. The molecular formula is C15H25N3O. The molecule has 0 bridgehead atoms. The molecule has 106 valence electrons. The number of nitrogens with zero attached hydrogens (tertiary/aromatic N) is 1. The second kappa shape index (κ2) is 5.78. The molecule has 19 heavy (non-hydrogen) atoms. The van der Waals surface area contributed by atoms with Crippen LogP contribution in [0, 0.1) is 12.8 Å². The number of nitrogens with two attached hydrogens (primary N) is 1. The van der Waals surface area contributed by atoms with Crippen LogP contribution in [0.4, 0.5) is 11.5 Å². The molecule has 1 fully saturated rings. The SMILES string of the molecule is CCC1CCC(O)(CNc2ncc(N)cc2C)CC1. The van der Waals surface area contributed by atoms with Crippen LogP contribution in [0.3, 0.4) is 0 Å². The zero-order chi connectivity index (χ0) is 13.9. The van der Waals surface area contributed by atoms with Crippen molar-refractivity contribution in [2.75, 3.05) is 17.6 Å². The highest BCUT2D eigenvalue weighted by Gasteiger charge is 2.32. The third-order valence-corrected chi connectivity index (χ3v) is 4.30. The van der Waals surface area contributed by atoms with Crippen LogP contribution < -0.4 is 11.1 Å². The number of hydrogen-bond acceptors (Lipinski definition) is 4. The zero-order valence-electron chi connectivity index (χ0n) is 11.9. The van der Waals surface area contributed by atoms with Crippen molar-refractivity contribution in [3.8, 4) is 0 Å². The molecule has 4 heteroatoms. The summed E-state index contributed by atoms with van der Waals surface area (Å²) in [5, 5.41) is 13.8. The van der Waals surface area contributed by atoms with E-state index in [-0.39, 0.29) is 0 Å². The quantitative estimate of drug-likeness (QED) is 0.781. The zero-order valence-corrected chi connectivity index (χ0v) is 11.9. The molecule has 0 atom stereocenters. The van der Waals surface area contributed by atoms with E-state index < -0.39 is 5.60 Å². The molecule has 0 aliphatic heterocycles. The van der Waals surface area contributed by atoms with Crippen molar-refractivity contribution in [2.45, 2.75) is 51.6 Å². The van der Waals surface area contributed by atoms with Crippen LogP contribution in [-0.2, 0) is 0 Å². The first-order valence-corrected chi connectivity index (χ1v) is 7.21. The van der Waals surface area contributed by atoms with Crippen LogP contribution in [0.1, 0.15) is 44.6 Å². The lowest BCUT2D eigenvalue weighted by atomic mass is 9.78. The maximum Gasteiger partial charge on any atom is 0.129 e. The molecule has 1 aliphatic carbocycles. The molecule has 1 heterocycles. The first-order chi connectivity index (χ1) is 9.02. The number of aromatic nitrogens is 1. The fourth-order valence-electron chi connectivity index (χ4n) is 2.83. The Hall–Kier alpha value is -1.29. The maximum atomic E-state index is 10.6. The maximum absolute atomic E-state index is 10.6. The number of aryl methyl sites for hydroxylation is 1. The summed E-state index contributed by atoms with van der Waals surface area (Å²) in [5.74, 6) is 1.61. The van der Waals surface area contributed by atoms with E-state index in [2.05, 4.69) is 17.2 Å². The van der Waals surface area contributed by atoms with Gasteiger partial charge in [0.25, 0.3) is 0 Å². The second-order valence-corrected chi connectivity index (χ2v) is 5.86. The summed E-state index contributed by atoms with van der Waals surface area (Å²) in [4.78, 5) is 4.28. The van der Waals surface area contributed by atoms with Crippen molar-refractivity contribution in [2.24, 2.45) is 5.92 Å². The molecule has 1 saturated carbocycles. The van der Waals surface area contributed by atoms with E-state index in [4.69, 9.17) is 5.73 Å². The van der Waals surface area contributed by atoms with Gasteiger partial charge < -0.3 is 16.2 Å². The van der Waals surface area contributed by atoms with Crippen LogP contribution in [0.2, 0.25) is 0 Å². The van der Waals surface area contributed by atoms with Gasteiger partial charge in [0.1, 0.15) is 5.82 Å². The summed E-state index contributed by atoms with van der Waals surface area (Å²) in [5.41, 5.74) is 6.79. The smallest absolute Gasteiger partial charge is 0.129 e. The van der Waals surface area contributed by atoms with Gasteiger partial charge in [0, 0.05) is 6.54 Å². The molecule has 1 aromatic heterocycles. The highest BCUT2D eigenvalue weighted by atomic mass is 16.3. The normalized spacial score (nSPS) is 27.2. The van der Waals surface area contributed by atoms with Crippen LogP contribution in [0.15, 0.2) is 12.3 Å². The van der Waals surface area contributed by atoms with Crippen LogP contribution in [0.25, 0.3) is 0 Å². The summed E-state index contributed by atoms with van der Waals surface area (Å²) in [6.07, 6.45) is 6.89. The molecule has 2 rings (SSSR count). The lowest BCUT2D eigenvalue weighted by molar-refractivity contribution is 0.00222. The summed E-state index contributed by atoms with van der Waals surface area (Å²) in [7, 11) is 0. The number of pyridine rings is 1. The number of rotatable bonds is 4. The van der Waals surface area contributed by atoms with Gasteiger partial charge in [-0.15, -0.1) is 0 Å². The van der Waals surface area contributed by atoms with Gasteiger partial charge in [0.05, 0.1) is 17.5 Å². The van der Waals surface area contributed by atoms with E-state index in [1.807, 2.05) is 13.0 Å². The van der Waals surface area contributed by atoms with Crippen molar-refractivity contribution in [1.29, 1.82) is 0 Å². The Labute approximate surface area is 115 Å². The Morgan fingerprint density at radius 2 is 2.16 bits per heavy atom. The molecule has 0 spiro atoms. The van der Waals surface area contributed by atoms with E-state index in [0.29, 0.717) is 12.2 Å². The van der Waals surface area contributed by atoms with Crippen molar-refractivity contribution < 1.29 is 5.11 Å². The topological polar surface area (TPSA) is 71.2 Å². The number of hydrogen-bond donors (Lipinski definition) is 3. The third-order valence-electron chi connectivity index (χ3n) is 4.30. The molecular weight excluding hydrogens is 238 g/mol. The Balaban J connectivity index is 1.91. The molecule has 4 nitrogen and oxygen atoms in total. The van der Waals surface area contributed by atoms with E-state index in [0.717, 1.165) is 43.0 Å². The monoisotopic (exact) mass is 263 g/mol. The minimum atomic E-state index is -0.582. The molecule has 0 unspecified atom stereocenters. The highest BCUT2D eigenvalue weighted by molar-refractivity contribution is 5.50. The van der Waals surface area contributed by atoms with Crippen LogP contribution in [-0.4, -0.2) is 22.2 Å². The largest absolute Gasteiger partial charge is 0.397 e. The van der Waals surface area contributed by atoms with Gasteiger partial charge >= 0.3 is 0 Å². The van der Waals surface area contributed by atoms with E-state index >= 15 is 0 Å². The molecule has 1 aliphatic rings. The van der Waals surface area contributed by atoms with Crippen LogP contribution in [0.5, 0.6) is 0 Å². The first-order valence-electron chi connectivity index (χ1n) is 7.21. The highest BCUT2D eigenvalue weighted by Crippen LogP contribution is 2.33. The number of nitrogens with one attached hydrogen (secondary N) is 1.